The number of hydrogen-bond acceptors (Lipinski definition) is 2. The average Bonchev–Trinajstić information content (AvgIpc) is 2.99. The number of rotatable bonds is 4. The van der Waals surface area contributed by atoms with Crippen molar-refractivity contribution < 1.29 is 4.74 Å². The van der Waals surface area contributed by atoms with Crippen LogP contribution in [0.5, 0.6) is 11.5 Å². The van der Waals surface area contributed by atoms with Gasteiger partial charge in [-0.3, -0.25) is 4.90 Å². The Bertz CT molecular complexity index is 579. The van der Waals surface area contributed by atoms with Gasteiger partial charge in [0.2, 0.25) is 0 Å². The molecule has 1 unspecified atom stereocenters. The van der Waals surface area contributed by atoms with Crippen LogP contribution in [0.4, 0.5) is 0 Å². The maximum atomic E-state index is 5.88. The van der Waals surface area contributed by atoms with E-state index in [2.05, 4.69) is 36.1 Å². The zero-order chi connectivity index (χ0) is 14.7. The second-order valence-electron chi connectivity index (χ2n) is 5.41. The van der Waals surface area contributed by atoms with Crippen LogP contribution < -0.4 is 4.74 Å². The number of benzene rings is 2. The van der Waals surface area contributed by atoms with Crippen molar-refractivity contribution in [3.8, 4) is 11.5 Å². The molecule has 2 aromatic rings. The summed E-state index contributed by atoms with van der Waals surface area (Å²) in [5.74, 6) is 1.67. The molecule has 1 heterocycles. The smallest absolute Gasteiger partial charge is 0.127 e. The fraction of sp³-hybridized carbons (Fsp3) is 0.333. The molecule has 2 aromatic carbocycles. The summed E-state index contributed by atoms with van der Waals surface area (Å²) in [7, 11) is 0. The monoisotopic (exact) mass is 301 g/mol. The van der Waals surface area contributed by atoms with Crippen LogP contribution in [0.1, 0.15) is 31.4 Å². The van der Waals surface area contributed by atoms with E-state index in [1.807, 2.05) is 24.3 Å². The van der Waals surface area contributed by atoms with E-state index in [9.17, 15) is 0 Å². The Labute approximate surface area is 131 Å². The molecule has 1 atom stereocenters. The van der Waals surface area contributed by atoms with E-state index >= 15 is 0 Å². The second kappa shape index (κ2) is 6.50. The summed E-state index contributed by atoms with van der Waals surface area (Å²) < 4.78 is 5.83. The van der Waals surface area contributed by atoms with Gasteiger partial charge in [-0.1, -0.05) is 30.7 Å². The molecule has 1 aliphatic rings. The third-order valence-electron chi connectivity index (χ3n) is 4.08. The van der Waals surface area contributed by atoms with Gasteiger partial charge in [0.25, 0.3) is 0 Å². The Balaban J connectivity index is 1.70. The molecule has 21 heavy (non-hydrogen) atoms. The van der Waals surface area contributed by atoms with Crippen molar-refractivity contribution in [1.29, 1.82) is 0 Å². The van der Waals surface area contributed by atoms with E-state index in [0.717, 1.165) is 23.1 Å². The molecule has 1 aliphatic heterocycles. The highest BCUT2D eigenvalue weighted by Crippen LogP contribution is 2.33. The van der Waals surface area contributed by atoms with E-state index in [0.29, 0.717) is 6.04 Å². The molecule has 0 aliphatic carbocycles. The van der Waals surface area contributed by atoms with Crippen LogP contribution in [0.15, 0.2) is 48.5 Å². The maximum absolute atomic E-state index is 5.88. The standard InChI is InChI=1S/C18H20ClNO/c1-2-20-13-3-4-18(20)14-5-9-16(10-6-14)21-17-11-7-15(19)8-12-17/h5-12,18H,2-4,13H2,1H3. The number of likely N-dealkylation sites (tertiary alicyclic amines) is 1. The topological polar surface area (TPSA) is 12.5 Å². The molecule has 110 valence electrons. The lowest BCUT2D eigenvalue weighted by molar-refractivity contribution is 0.271. The minimum Gasteiger partial charge on any atom is -0.457 e. The van der Waals surface area contributed by atoms with Gasteiger partial charge in [-0.05, 0) is 67.9 Å². The third-order valence-corrected chi connectivity index (χ3v) is 4.34. The summed E-state index contributed by atoms with van der Waals surface area (Å²) >= 11 is 5.88. The Morgan fingerprint density at radius 2 is 1.67 bits per heavy atom. The summed E-state index contributed by atoms with van der Waals surface area (Å²) in [6.45, 7) is 4.56. The van der Waals surface area contributed by atoms with Crippen molar-refractivity contribution in [2.75, 3.05) is 13.1 Å². The Hall–Kier alpha value is -1.51. The van der Waals surface area contributed by atoms with Crippen LogP contribution in [0.25, 0.3) is 0 Å². The highest BCUT2D eigenvalue weighted by molar-refractivity contribution is 6.30. The number of hydrogen-bond donors (Lipinski definition) is 0. The number of halogens is 1. The van der Waals surface area contributed by atoms with Crippen LogP contribution in [-0.2, 0) is 0 Å². The van der Waals surface area contributed by atoms with Gasteiger partial charge in [-0.2, -0.15) is 0 Å². The van der Waals surface area contributed by atoms with Gasteiger partial charge in [-0.25, -0.2) is 0 Å². The van der Waals surface area contributed by atoms with Crippen LogP contribution in [0.2, 0.25) is 5.02 Å². The normalized spacial score (nSPS) is 18.9. The first kappa shape index (κ1) is 14.4. The third kappa shape index (κ3) is 3.39. The molecule has 1 saturated heterocycles. The van der Waals surface area contributed by atoms with Crippen molar-refractivity contribution in [2.45, 2.75) is 25.8 Å². The molecular formula is C18H20ClNO. The molecule has 3 heteroatoms. The van der Waals surface area contributed by atoms with Gasteiger partial charge in [0, 0.05) is 11.1 Å². The van der Waals surface area contributed by atoms with Crippen LogP contribution in [-0.4, -0.2) is 18.0 Å². The first-order valence-electron chi connectivity index (χ1n) is 7.53. The molecule has 0 bridgehead atoms. The highest BCUT2D eigenvalue weighted by atomic mass is 35.5. The van der Waals surface area contributed by atoms with E-state index < -0.39 is 0 Å². The Morgan fingerprint density at radius 3 is 2.29 bits per heavy atom. The molecule has 0 saturated carbocycles. The van der Waals surface area contributed by atoms with Gasteiger partial charge in [0.05, 0.1) is 0 Å². The second-order valence-corrected chi connectivity index (χ2v) is 5.85. The van der Waals surface area contributed by atoms with E-state index in [1.54, 1.807) is 0 Å². The van der Waals surface area contributed by atoms with Gasteiger partial charge >= 0.3 is 0 Å². The predicted molar refractivity (Wildman–Crippen MR) is 87.2 cm³/mol. The summed E-state index contributed by atoms with van der Waals surface area (Å²) in [5.41, 5.74) is 1.39. The lowest BCUT2D eigenvalue weighted by atomic mass is 10.0. The van der Waals surface area contributed by atoms with Gasteiger partial charge < -0.3 is 4.74 Å². The van der Waals surface area contributed by atoms with Crippen molar-refractivity contribution in [1.82, 2.24) is 4.90 Å². The molecule has 2 nitrogen and oxygen atoms in total. The SMILES string of the molecule is CCN1CCCC1c1ccc(Oc2ccc(Cl)cc2)cc1. The zero-order valence-corrected chi connectivity index (χ0v) is 13.0. The molecule has 0 N–H and O–H groups in total. The van der Waals surface area contributed by atoms with E-state index in [-0.39, 0.29) is 0 Å². The number of ether oxygens (including phenoxy) is 1. The fourth-order valence-electron chi connectivity index (χ4n) is 2.98. The molecule has 3 rings (SSSR count). The first-order valence-corrected chi connectivity index (χ1v) is 7.91. The van der Waals surface area contributed by atoms with E-state index in [4.69, 9.17) is 16.3 Å². The lowest BCUT2D eigenvalue weighted by Crippen LogP contribution is -2.22. The van der Waals surface area contributed by atoms with Gasteiger partial charge in [0.15, 0.2) is 0 Å². The van der Waals surface area contributed by atoms with Gasteiger partial charge in [-0.15, -0.1) is 0 Å². The van der Waals surface area contributed by atoms with Crippen molar-refractivity contribution in [3.05, 3.63) is 59.1 Å². The first-order chi connectivity index (χ1) is 10.3. The van der Waals surface area contributed by atoms with Crippen molar-refractivity contribution in [2.24, 2.45) is 0 Å². The zero-order valence-electron chi connectivity index (χ0n) is 12.3. The summed E-state index contributed by atoms with van der Waals surface area (Å²) in [6.07, 6.45) is 2.55. The maximum Gasteiger partial charge on any atom is 0.127 e. The molecule has 0 aromatic heterocycles. The summed E-state index contributed by atoms with van der Waals surface area (Å²) in [6, 6.07) is 16.5. The summed E-state index contributed by atoms with van der Waals surface area (Å²) in [5, 5.41) is 0.721. The minimum absolute atomic E-state index is 0.569. The highest BCUT2D eigenvalue weighted by Gasteiger charge is 2.24. The van der Waals surface area contributed by atoms with Crippen LogP contribution in [0.3, 0.4) is 0 Å². The van der Waals surface area contributed by atoms with Gasteiger partial charge in [0.1, 0.15) is 11.5 Å². The number of nitrogens with zero attached hydrogens (tertiary/aromatic N) is 1. The quantitative estimate of drug-likeness (QED) is 0.761. The van der Waals surface area contributed by atoms with Crippen molar-refractivity contribution >= 4 is 11.6 Å². The minimum atomic E-state index is 0.569. The Kier molecular flexibility index (Phi) is 4.47. The van der Waals surface area contributed by atoms with Crippen molar-refractivity contribution in [3.63, 3.8) is 0 Å². The van der Waals surface area contributed by atoms with Crippen LogP contribution in [0, 0.1) is 0 Å². The molecule has 0 amide bonds. The molecule has 0 spiro atoms. The molecule has 1 fully saturated rings. The average molecular weight is 302 g/mol. The predicted octanol–water partition coefficient (Wildman–Crippen LogP) is 5.29. The fourth-order valence-corrected chi connectivity index (χ4v) is 3.10. The summed E-state index contributed by atoms with van der Waals surface area (Å²) in [4.78, 5) is 2.54. The largest absolute Gasteiger partial charge is 0.457 e. The molecule has 0 radical (unpaired) electrons. The lowest BCUT2D eigenvalue weighted by Gasteiger charge is -2.23. The van der Waals surface area contributed by atoms with Crippen LogP contribution >= 0.6 is 11.6 Å². The molecular weight excluding hydrogens is 282 g/mol. The van der Waals surface area contributed by atoms with E-state index in [1.165, 1.54) is 24.9 Å². The Morgan fingerprint density at radius 1 is 1.05 bits per heavy atom.